The van der Waals surface area contributed by atoms with Crippen LogP contribution in [0, 0.1) is 5.41 Å². The van der Waals surface area contributed by atoms with Gasteiger partial charge in [0.25, 0.3) is 0 Å². The van der Waals surface area contributed by atoms with E-state index in [1.165, 1.54) is 51.6 Å². The van der Waals surface area contributed by atoms with Crippen molar-refractivity contribution in [2.24, 2.45) is 5.41 Å². The van der Waals surface area contributed by atoms with E-state index in [2.05, 4.69) is 31.1 Å². The average molecular weight is 224 g/mol. The van der Waals surface area contributed by atoms with Crippen LogP contribution in [0.2, 0.25) is 0 Å². The van der Waals surface area contributed by atoms with Crippen LogP contribution in [0.5, 0.6) is 0 Å². The van der Waals surface area contributed by atoms with E-state index in [1.54, 1.807) is 0 Å². The maximum absolute atomic E-state index is 3.60. The first-order valence-corrected chi connectivity index (χ1v) is 7.00. The molecule has 94 valence electrons. The minimum absolute atomic E-state index is 0.600. The second kappa shape index (κ2) is 5.05. The van der Waals surface area contributed by atoms with Gasteiger partial charge in [0.2, 0.25) is 0 Å². The van der Waals surface area contributed by atoms with Crippen molar-refractivity contribution in [3.63, 3.8) is 0 Å². The third kappa shape index (κ3) is 3.21. The molecule has 2 heteroatoms. The normalized spacial score (nSPS) is 31.1. The Bertz CT molecular complexity index is 209. The molecule has 2 nitrogen and oxygen atoms in total. The number of nitrogens with zero attached hydrogens (tertiary/aromatic N) is 1. The van der Waals surface area contributed by atoms with Crippen molar-refractivity contribution in [2.45, 2.75) is 64.5 Å². The predicted octanol–water partition coefficient (Wildman–Crippen LogP) is 2.64. The quantitative estimate of drug-likeness (QED) is 0.793. The Morgan fingerprint density at radius 3 is 2.44 bits per heavy atom. The van der Waals surface area contributed by atoms with Gasteiger partial charge in [-0.1, -0.05) is 13.8 Å². The van der Waals surface area contributed by atoms with E-state index in [0.29, 0.717) is 5.41 Å². The van der Waals surface area contributed by atoms with Gasteiger partial charge in [0.1, 0.15) is 0 Å². The molecular weight excluding hydrogens is 196 g/mol. The van der Waals surface area contributed by atoms with Crippen molar-refractivity contribution in [2.75, 3.05) is 20.1 Å². The lowest BCUT2D eigenvalue weighted by Crippen LogP contribution is -2.43. The molecule has 0 amide bonds. The lowest BCUT2D eigenvalue weighted by molar-refractivity contribution is 0.121. The summed E-state index contributed by atoms with van der Waals surface area (Å²) in [4.78, 5) is 2.61. The minimum atomic E-state index is 0.600. The number of likely N-dealkylation sites (N-methyl/N-ethyl adjacent to an activating group) is 1. The van der Waals surface area contributed by atoms with Crippen molar-refractivity contribution in [3.05, 3.63) is 0 Å². The predicted molar refractivity (Wildman–Crippen MR) is 69.7 cm³/mol. The Kier molecular flexibility index (Phi) is 3.91. The van der Waals surface area contributed by atoms with Crippen molar-refractivity contribution >= 4 is 0 Å². The summed E-state index contributed by atoms with van der Waals surface area (Å²) in [5.74, 6) is 0. The van der Waals surface area contributed by atoms with Gasteiger partial charge in [0.15, 0.2) is 0 Å². The van der Waals surface area contributed by atoms with E-state index in [1.807, 2.05) is 0 Å². The summed E-state index contributed by atoms with van der Waals surface area (Å²) >= 11 is 0. The third-order valence-electron chi connectivity index (χ3n) is 4.60. The SMILES string of the molecule is CN(C[C@@H]1CCCN1)C1CCC(C)(C)CC1. The van der Waals surface area contributed by atoms with Crippen molar-refractivity contribution < 1.29 is 0 Å². The monoisotopic (exact) mass is 224 g/mol. The molecule has 0 aromatic rings. The van der Waals surface area contributed by atoms with Gasteiger partial charge in [-0.2, -0.15) is 0 Å². The molecule has 2 rings (SSSR count). The number of hydrogen-bond acceptors (Lipinski definition) is 2. The molecule has 2 fully saturated rings. The smallest absolute Gasteiger partial charge is 0.0195 e. The van der Waals surface area contributed by atoms with Crippen LogP contribution in [-0.4, -0.2) is 37.1 Å². The van der Waals surface area contributed by atoms with Gasteiger partial charge < -0.3 is 10.2 Å². The maximum atomic E-state index is 3.60. The van der Waals surface area contributed by atoms with Gasteiger partial charge >= 0.3 is 0 Å². The second-order valence-corrected chi connectivity index (χ2v) is 6.63. The Balaban J connectivity index is 1.75. The highest BCUT2D eigenvalue weighted by Gasteiger charge is 2.29. The van der Waals surface area contributed by atoms with Crippen molar-refractivity contribution in [1.82, 2.24) is 10.2 Å². The maximum Gasteiger partial charge on any atom is 0.0195 e. The number of nitrogens with one attached hydrogen (secondary N) is 1. The summed E-state index contributed by atoms with van der Waals surface area (Å²) in [7, 11) is 2.32. The summed E-state index contributed by atoms with van der Waals surface area (Å²) in [5.41, 5.74) is 0.600. The molecule has 1 saturated carbocycles. The largest absolute Gasteiger partial charge is 0.313 e. The van der Waals surface area contributed by atoms with E-state index in [-0.39, 0.29) is 0 Å². The third-order valence-corrected chi connectivity index (χ3v) is 4.60. The van der Waals surface area contributed by atoms with Gasteiger partial charge in [-0.25, -0.2) is 0 Å². The van der Waals surface area contributed by atoms with Crippen LogP contribution in [0.25, 0.3) is 0 Å². The first-order chi connectivity index (χ1) is 7.57. The highest BCUT2D eigenvalue weighted by molar-refractivity contribution is 4.85. The molecule has 16 heavy (non-hydrogen) atoms. The number of rotatable bonds is 3. The fraction of sp³-hybridized carbons (Fsp3) is 1.00. The van der Waals surface area contributed by atoms with E-state index >= 15 is 0 Å². The summed E-state index contributed by atoms with van der Waals surface area (Å²) in [6.45, 7) is 7.32. The lowest BCUT2D eigenvalue weighted by atomic mass is 9.75. The van der Waals surface area contributed by atoms with Crippen LogP contribution < -0.4 is 5.32 Å². The summed E-state index contributed by atoms with van der Waals surface area (Å²) < 4.78 is 0. The highest BCUT2D eigenvalue weighted by Crippen LogP contribution is 2.36. The van der Waals surface area contributed by atoms with E-state index in [9.17, 15) is 0 Å². The Labute approximate surface area is 101 Å². The Morgan fingerprint density at radius 1 is 1.19 bits per heavy atom. The van der Waals surface area contributed by atoms with E-state index < -0.39 is 0 Å². The molecule has 1 aliphatic heterocycles. The van der Waals surface area contributed by atoms with Crippen LogP contribution in [0.15, 0.2) is 0 Å². The van der Waals surface area contributed by atoms with Crippen LogP contribution in [0.4, 0.5) is 0 Å². The van der Waals surface area contributed by atoms with Crippen LogP contribution in [0.3, 0.4) is 0 Å². The van der Waals surface area contributed by atoms with Crippen molar-refractivity contribution in [3.8, 4) is 0 Å². The zero-order chi connectivity index (χ0) is 11.6. The molecule has 0 aromatic carbocycles. The first kappa shape index (κ1) is 12.4. The molecule has 1 heterocycles. The lowest BCUT2D eigenvalue weighted by Gasteiger charge is -2.39. The minimum Gasteiger partial charge on any atom is -0.313 e. The molecule has 0 bridgehead atoms. The average Bonchev–Trinajstić information content (AvgIpc) is 2.70. The standard InChI is InChI=1S/C14H28N2/c1-14(2)8-6-13(7-9-14)16(3)11-12-5-4-10-15-12/h12-13,15H,4-11H2,1-3H3/t12-/m0/s1. The molecule has 1 aliphatic carbocycles. The fourth-order valence-electron chi connectivity index (χ4n) is 3.23. The van der Waals surface area contributed by atoms with Crippen LogP contribution in [0.1, 0.15) is 52.4 Å². The zero-order valence-corrected chi connectivity index (χ0v) is 11.3. The van der Waals surface area contributed by atoms with Crippen molar-refractivity contribution in [1.29, 1.82) is 0 Å². The molecule has 1 atom stereocenters. The molecular formula is C14H28N2. The molecule has 1 saturated heterocycles. The van der Waals surface area contributed by atoms with Gasteiger partial charge in [0, 0.05) is 18.6 Å². The van der Waals surface area contributed by atoms with E-state index in [4.69, 9.17) is 0 Å². The zero-order valence-electron chi connectivity index (χ0n) is 11.3. The van der Waals surface area contributed by atoms with Crippen LogP contribution in [-0.2, 0) is 0 Å². The second-order valence-electron chi connectivity index (χ2n) is 6.63. The van der Waals surface area contributed by atoms with Gasteiger partial charge in [-0.05, 0) is 57.5 Å². The molecule has 1 N–H and O–H groups in total. The summed E-state index contributed by atoms with van der Waals surface area (Å²) in [6.07, 6.45) is 8.35. The van der Waals surface area contributed by atoms with Gasteiger partial charge in [0.05, 0.1) is 0 Å². The topological polar surface area (TPSA) is 15.3 Å². The summed E-state index contributed by atoms with van der Waals surface area (Å²) in [6, 6.07) is 1.61. The van der Waals surface area contributed by atoms with Gasteiger partial charge in [-0.3, -0.25) is 0 Å². The number of hydrogen-bond donors (Lipinski definition) is 1. The first-order valence-electron chi connectivity index (χ1n) is 7.00. The van der Waals surface area contributed by atoms with Gasteiger partial charge in [-0.15, -0.1) is 0 Å². The molecule has 0 unspecified atom stereocenters. The van der Waals surface area contributed by atoms with Crippen LogP contribution >= 0.6 is 0 Å². The van der Waals surface area contributed by atoms with E-state index in [0.717, 1.165) is 12.1 Å². The highest BCUT2D eigenvalue weighted by atomic mass is 15.2. The Morgan fingerprint density at radius 2 is 1.88 bits per heavy atom. The fourth-order valence-corrected chi connectivity index (χ4v) is 3.23. The molecule has 2 aliphatic rings. The molecule has 0 aromatic heterocycles. The Hall–Kier alpha value is -0.0800. The summed E-state index contributed by atoms with van der Waals surface area (Å²) in [5, 5.41) is 3.60. The molecule has 0 spiro atoms. The molecule has 0 radical (unpaired) electrons.